The summed E-state index contributed by atoms with van der Waals surface area (Å²) in [7, 11) is 0. The molecule has 0 saturated carbocycles. The monoisotopic (exact) mass is 450 g/mol. The van der Waals surface area contributed by atoms with Crippen molar-refractivity contribution in [3.05, 3.63) is 24.3 Å². The quantitative estimate of drug-likeness (QED) is 0.0946. The van der Waals surface area contributed by atoms with E-state index in [1.54, 1.807) is 13.8 Å². The summed E-state index contributed by atoms with van der Waals surface area (Å²) in [6, 6.07) is 0. The molecule has 4 heteroatoms. The van der Waals surface area contributed by atoms with E-state index in [9.17, 15) is 9.59 Å². The second-order valence-electron chi connectivity index (χ2n) is 9.28. The van der Waals surface area contributed by atoms with Gasteiger partial charge < -0.3 is 9.47 Å². The topological polar surface area (TPSA) is 52.6 Å². The minimum atomic E-state index is -0.451. The average molecular weight is 451 g/mol. The van der Waals surface area contributed by atoms with E-state index < -0.39 is 18.0 Å². The third-order valence-electron chi connectivity index (χ3n) is 5.75. The highest BCUT2D eigenvalue weighted by Gasteiger charge is 2.17. The molecule has 0 aliphatic heterocycles. The Kier molecular flexibility index (Phi) is 20.2. The van der Waals surface area contributed by atoms with E-state index in [4.69, 9.17) is 9.47 Å². The molecule has 32 heavy (non-hydrogen) atoms. The Morgan fingerprint density at radius 2 is 1.00 bits per heavy atom. The number of ether oxygens (including phenoxy) is 2. The third kappa shape index (κ3) is 19.1. The van der Waals surface area contributed by atoms with Gasteiger partial charge in [0.05, 0.1) is 0 Å². The fourth-order valence-electron chi connectivity index (χ4n) is 3.64. The van der Waals surface area contributed by atoms with Crippen LogP contribution in [0.2, 0.25) is 0 Å². The summed E-state index contributed by atoms with van der Waals surface area (Å²) >= 11 is 0. The Bertz CT molecular complexity index is 524. The van der Waals surface area contributed by atoms with Gasteiger partial charge in [-0.1, -0.05) is 116 Å². The van der Waals surface area contributed by atoms with Gasteiger partial charge in [0.2, 0.25) is 0 Å². The van der Waals surface area contributed by atoms with Gasteiger partial charge in [0.15, 0.2) is 0 Å². The van der Waals surface area contributed by atoms with E-state index in [0.717, 1.165) is 12.8 Å². The van der Waals surface area contributed by atoms with E-state index in [1.807, 2.05) is 0 Å². The minimum absolute atomic E-state index is 0.0729. The predicted octanol–water partition coefficient (Wildman–Crippen LogP) is 8.25. The van der Waals surface area contributed by atoms with Gasteiger partial charge in [-0.25, -0.2) is 9.59 Å². The Morgan fingerprint density at radius 3 is 1.38 bits per heavy atom. The SMILES string of the molecule is C=C(C)C(=O)OCC(CCCCCCCCCCCCCCCCCC)OC(=O)C(=C)C. The zero-order chi connectivity index (χ0) is 24.0. The number of unbranched alkanes of at least 4 members (excludes halogenated alkanes) is 15. The van der Waals surface area contributed by atoms with Crippen molar-refractivity contribution >= 4 is 11.9 Å². The minimum Gasteiger partial charge on any atom is -0.458 e. The second kappa shape index (κ2) is 21.3. The molecule has 0 heterocycles. The van der Waals surface area contributed by atoms with Gasteiger partial charge in [0.25, 0.3) is 0 Å². The normalized spacial score (nSPS) is 11.7. The molecule has 0 N–H and O–H groups in total. The number of esters is 2. The maximum absolute atomic E-state index is 11.8. The molecule has 0 aromatic heterocycles. The van der Waals surface area contributed by atoms with E-state index in [-0.39, 0.29) is 6.61 Å². The summed E-state index contributed by atoms with van der Waals surface area (Å²) in [5.74, 6) is -0.883. The summed E-state index contributed by atoms with van der Waals surface area (Å²) in [6.07, 6.45) is 21.4. The molecular weight excluding hydrogens is 400 g/mol. The lowest BCUT2D eigenvalue weighted by Crippen LogP contribution is -2.25. The Labute approximate surface area is 198 Å². The number of carbonyl (C=O) groups excluding carboxylic acids is 2. The molecule has 0 fully saturated rings. The Morgan fingerprint density at radius 1 is 0.625 bits per heavy atom. The number of hydrogen-bond acceptors (Lipinski definition) is 4. The smallest absolute Gasteiger partial charge is 0.333 e. The van der Waals surface area contributed by atoms with Gasteiger partial charge in [-0.3, -0.25) is 0 Å². The van der Waals surface area contributed by atoms with Crippen LogP contribution in [0.15, 0.2) is 24.3 Å². The Balaban J connectivity index is 3.71. The van der Waals surface area contributed by atoms with Crippen LogP contribution in [0.4, 0.5) is 0 Å². The van der Waals surface area contributed by atoms with Crippen LogP contribution in [0.3, 0.4) is 0 Å². The number of carbonyl (C=O) groups is 2. The summed E-state index contributed by atoms with van der Waals surface area (Å²) in [4.78, 5) is 23.4. The molecule has 0 spiro atoms. The molecule has 0 aliphatic carbocycles. The van der Waals surface area contributed by atoms with Crippen molar-refractivity contribution in [3.8, 4) is 0 Å². The average Bonchev–Trinajstić information content (AvgIpc) is 2.76. The van der Waals surface area contributed by atoms with Crippen molar-refractivity contribution < 1.29 is 19.1 Å². The highest BCUT2D eigenvalue weighted by Crippen LogP contribution is 2.15. The fraction of sp³-hybridized carbons (Fsp3) is 0.786. The third-order valence-corrected chi connectivity index (χ3v) is 5.75. The largest absolute Gasteiger partial charge is 0.458 e. The summed E-state index contributed by atoms with van der Waals surface area (Å²) in [6.45, 7) is 12.8. The van der Waals surface area contributed by atoms with Gasteiger partial charge in [0, 0.05) is 11.1 Å². The molecule has 0 rings (SSSR count). The summed E-state index contributed by atoms with van der Waals surface area (Å²) in [5, 5.41) is 0. The van der Waals surface area contributed by atoms with Gasteiger partial charge >= 0.3 is 11.9 Å². The first kappa shape index (κ1) is 30.4. The zero-order valence-electron chi connectivity index (χ0n) is 21.4. The highest BCUT2D eigenvalue weighted by molar-refractivity contribution is 5.87. The van der Waals surface area contributed by atoms with Crippen LogP contribution in [0, 0.1) is 0 Å². The predicted molar refractivity (Wildman–Crippen MR) is 135 cm³/mol. The lowest BCUT2D eigenvalue weighted by molar-refractivity contribution is -0.154. The lowest BCUT2D eigenvalue weighted by Gasteiger charge is -2.18. The maximum atomic E-state index is 11.8. The van der Waals surface area contributed by atoms with E-state index in [1.165, 1.54) is 89.9 Å². The second-order valence-corrected chi connectivity index (χ2v) is 9.28. The first-order valence-electron chi connectivity index (χ1n) is 13.1. The highest BCUT2D eigenvalue weighted by atomic mass is 16.6. The zero-order valence-corrected chi connectivity index (χ0v) is 21.4. The van der Waals surface area contributed by atoms with Crippen molar-refractivity contribution in [2.24, 2.45) is 0 Å². The standard InChI is InChI=1S/C28H50O4/c1-6-7-8-9-10-11-12-13-14-15-16-17-18-19-20-21-22-26(32-28(30)25(4)5)23-31-27(29)24(2)3/h26H,2,4,6-23H2,1,3,5H3. The van der Waals surface area contributed by atoms with Gasteiger partial charge in [-0.05, 0) is 26.7 Å². The van der Waals surface area contributed by atoms with Crippen molar-refractivity contribution in [2.45, 2.75) is 136 Å². The van der Waals surface area contributed by atoms with Crippen LogP contribution in [0.5, 0.6) is 0 Å². The molecule has 1 atom stereocenters. The van der Waals surface area contributed by atoms with Crippen LogP contribution >= 0.6 is 0 Å². The van der Waals surface area contributed by atoms with Crippen molar-refractivity contribution in [3.63, 3.8) is 0 Å². The summed E-state index contributed by atoms with van der Waals surface area (Å²) in [5.41, 5.74) is 0.700. The van der Waals surface area contributed by atoms with Crippen LogP contribution < -0.4 is 0 Å². The van der Waals surface area contributed by atoms with Crippen LogP contribution in [-0.2, 0) is 19.1 Å². The van der Waals surface area contributed by atoms with E-state index >= 15 is 0 Å². The van der Waals surface area contributed by atoms with E-state index in [2.05, 4.69) is 20.1 Å². The molecule has 0 bridgehead atoms. The van der Waals surface area contributed by atoms with Crippen molar-refractivity contribution in [2.75, 3.05) is 6.61 Å². The molecule has 0 aromatic carbocycles. The molecular formula is C28H50O4. The van der Waals surface area contributed by atoms with Gasteiger partial charge in [-0.2, -0.15) is 0 Å². The Hall–Kier alpha value is -1.58. The lowest BCUT2D eigenvalue weighted by atomic mass is 10.0. The molecule has 0 aliphatic rings. The van der Waals surface area contributed by atoms with Gasteiger partial charge in [-0.15, -0.1) is 0 Å². The molecule has 186 valence electrons. The number of hydrogen-bond donors (Lipinski definition) is 0. The van der Waals surface area contributed by atoms with Gasteiger partial charge in [0.1, 0.15) is 12.7 Å². The fourth-order valence-corrected chi connectivity index (χ4v) is 3.64. The van der Waals surface area contributed by atoms with Crippen molar-refractivity contribution in [1.82, 2.24) is 0 Å². The molecule has 0 saturated heterocycles. The summed E-state index contributed by atoms with van der Waals surface area (Å²) < 4.78 is 10.6. The maximum Gasteiger partial charge on any atom is 0.333 e. The van der Waals surface area contributed by atoms with Crippen LogP contribution in [0.1, 0.15) is 130 Å². The van der Waals surface area contributed by atoms with Crippen LogP contribution in [0.25, 0.3) is 0 Å². The van der Waals surface area contributed by atoms with Crippen LogP contribution in [-0.4, -0.2) is 24.6 Å². The molecule has 0 aromatic rings. The molecule has 1 unspecified atom stereocenters. The number of rotatable bonds is 22. The molecule has 0 amide bonds. The first-order valence-corrected chi connectivity index (χ1v) is 13.1. The molecule has 0 radical (unpaired) electrons. The van der Waals surface area contributed by atoms with Crippen molar-refractivity contribution in [1.29, 1.82) is 0 Å². The first-order chi connectivity index (χ1) is 15.4. The van der Waals surface area contributed by atoms with E-state index in [0.29, 0.717) is 17.6 Å². The molecule has 4 nitrogen and oxygen atoms in total.